The summed E-state index contributed by atoms with van der Waals surface area (Å²) in [6.45, 7) is 4.14. The number of rotatable bonds is 13. The molecule has 0 atom stereocenters. The van der Waals surface area contributed by atoms with Gasteiger partial charge < -0.3 is 29.6 Å². The van der Waals surface area contributed by atoms with Crippen molar-refractivity contribution in [3.63, 3.8) is 0 Å². The van der Waals surface area contributed by atoms with E-state index in [9.17, 15) is 9.59 Å². The molecule has 0 spiro atoms. The summed E-state index contributed by atoms with van der Waals surface area (Å²) in [5.41, 5.74) is 1.66. The number of anilines is 1. The maximum atomic E-state index is 11.6. The fraction of sp³-hybridized carbons (Fsp3) is 0.364. The van der Waals surface area contributed by atoms with E-state index in [1.54, 1.807) is 24.3 Å². The van der Waals surface area contributed by atoms with Crippen LogP contribution in [0.3, 0.4) is 0 Å². The second kappa shape index (κ2) is 14.0. The Bertz CT molecular complexity index is 752. The van der Waals surface area contributed by atoms with E-state index in [1.165, 1.54) is 6.92 Å². The standard InChI is InChI=1S/C22H28N2O6/c1-18(25)24-20-7-9-21(10-8-20)29-16-15-28-14-13-27-12-11-23-22(26)30-17-19-5-3-2-4-6-19/h2-10H,11-17H2,1H3,(H,23,26)(H,24,25). The van der Waals surface area contributed by atoms with Gasteiger partial charge in [-0.05, 0) is 29.8 Å². The molecule has 2 amide bonds. The molecule has 162 valence electrons. The summed E-state index contributed by atoms with van der Waals surface area (Å²) in [4.78, 5) is 22.5. The first kappa shape index (κ1) is 23.2. The molecule has 0 aliphatic carbocycles. The van der Waals surface area contributed by atoms with Gasteiger partial charge in [0, 0.05) is 19.2 Å². The zero-order chi connectivity index (χ0) is 21.4. The topological polar surface area (TPSA) is 95.1 Å². The second-order valence-corrected chi connectivity index (χ2v) is 6.27. The highest BCUT2D eigenvalue weighted by atomic mass is 16.6. The van der Waals surface area contributed by atoms with Gasteiger partial charge in [0.05, 0.1) is 26.4 Å². The van der Waals surface area contributed by atoms with Crippen LogP contribution in [0.4, 0.5) is 10.5 Å². The van der Waals surface area contributed by atoms with E-state index in [4.69, 9.17) is 18.9 Å². The molecule has 2 rings (SSSR count). The number of ether oxygens (including phenoxy) is 4. The lowest BCUT2D eigenvalue weighted by Gasteiger charge is -2.09. The van der Waals surface area contributed by atoms with Crippen LogP contribution in [-0.2, 0) is 25.6 Å². The number of carbonyl (C=O) groups excluding carboxylic acids is 2. The van der Waals surface area contributed by atoms with Crippen molar-refractivity contribution in [3.05, 3.63) is 60.2 Å². The molecule has 0 heterocycles. The molecular formula is C22H28N2O6. The summed E-state index contributed by atoms with van der Waals surface area (Å²) < 4.78 is 21.5. The molecule has 0 aromatic heterocycles. The van der Waals surface area contributed by atoms with Crippen LogP contribution in [0, 0.1) is 0 Å². The Morgan fingerprint density at radius 2 is 1.50 bits per heavy atom. The van der Waals surface area contributed by atoms with Gasteiger partial charge in [0.2, 0.25) is 5.91 Å². The summed E-state index contributed by atoms with van der Waals surface area (Å²) in [5.74, 6) is 0.590. The van der Waals surface area contributed by atoms with Crippen molar-refractivity contribution in [3.8, 4) is 5.75 Å². The minimum Gasteiger partial charge on any atom is -0.491 e. The van der Waals surface area contributed by atoms with Gasteiger partial charge in [-0.2, -0.15) is 0 Å². The maximum Gasteiger partial charge on any atom is 0.407 e. The van der Waals surface area contributed by atoms with Crippen LogP contribution in [-0.4, -0.2) is 51.6 Å². The van der Waals surface area contributed by atoms with E-state index in [0.29, 0.717) is 45.3 Å². The van der Waals surface area contributed by atoms with E-state index < -0.39 is 6.09 Å². The van der Waals surface area contributed by atoms with Gasteiger partial charge in [-0.15, -0.1) is 0 Å². The number of benzene rings is 2. The van der Waals surface area contributed by atoms with Gasteiger partial charge in [0.25, 0.3) is 0 Å². The van der Waals surface area contributed by atoms with Crippen LogP contribution < -0.4 is 15.4 Å². The summed E-state index contributed by atoms with van der Waals surface area (Å²) >= 11 is 0. The summed E-state index contributed by atoms with van der Waals surface area (Å²) in [5, 5.41) is 5.32. The number of hydrogen-bond acceptors (Lipinski definition) is 6. The highest BCUT2D eigenvalue weighted by Crippen LogP contribution is 2.15. The molecule has 0 aliphatic rings. The van der Waals surface area contributed by atoms with Gasteiger partial charge in [-0.3, -0.25) is 4.79 Å². The molecule has 30 heavy (non-hydrogen) atoms. The molecule has 0 aliphatic heterocycles. The first-order valence-corrected chi connectivity index (χ1v) is 9.74. The third-order valence-corrected chi connectivity index (χ3v) is 3.77. The SMILES string of the molecule is CC(=O)Nc1ccc(OCCOCCOCCNC(=O)OCc2ccccc2)cc1. The Hall–Kier alpha value is -3.10. The lowest BCUT2D eigenvalue weighted by Crippen LogP contribution is -2.28. The molecule has 0 unspecified atom stereocenters. The molecule has 8 nitrogen and oxygen atoms in total. The van der Waals surface area contributed by atoms with Gasteiger partial charge in [-0.25, -0.2) is 4.79 Å². The zero-order valence-electron chi connectivity index (χ0n) is 17.1. The highest BCUT2D eigenvalue weighted by molar-refractivity contribution is 5.88. The van der Waals surface area contributed by atoms with Crippen molar-refractivity contribution in [2.24, 2.45) is 0 Å². The molecule has 0 saturated carbocycles. The predicted octanol–water partition coefficient (Wildman–Crippen LogP) is 2.98. The monoisotopic (exact) mass is 416 g/mol. The Morgan fingerprint density at radius 3 is 2.20 bits per heavy atom. The van der Waals surface area contributed by atoms with Crippen LogP contribution in [0.1, 0.15) is 12.5 Å². The lowest BCUT2D eigenvalue weighted by atomic mass is 10.2. The highest BCUT2D eigenvalue weighted by Gasteiger charge is 2.02. The first-order chi connectivity index (χ1) is 14.6. The van der Waals surface area contributed by atoms with Crippen LogP contribution in [0.2, 0.25) is 0 Å². The molecule has 0 fully saturated rings. The van der Waals surface area contributed by atoms with Crippen molar-refractivity contribution in [1.29, 1.82) is 0 Å². The van der Waals surface area contributed by atoms with Crippen LogP contribution >= 0.6 is 0 Å². The molecule has 2 aromatic carbocycles. The fourth-order valence-electron chi connectivity index (χ4n) is 2.38. The Balaban J connectivity index is 1.39. The number of amides is 2. The van der Waals surface area contributed by atoms with E-state index in [2.05, 4.69) is 10.6 Å². The van der Waals surface area contributed by atoms with E-state index in [1.807, 2.05) is 30.3 Å². The van der Waals surface area contributed by atoms with Crippen molar-refractivity contribution in [2.45, 2.75) is 13.5 Å². The third-order valence-electron chi connectivity index (χ3n) is 3.77. The van der Waals surface area contributed by atoms with Crippen LogP contribution in [0.25, 0.3) is 0 Å². The minimum absolute atomic E-state index is 0.113. The second-order valence-electron chi connectivity index (χ2n) is 6.27. The zero-order valence-corrected chi connectivity index (χ0v) is 17.1. The molecule has 0 radical (unpaired) electrons. The van der Waals surface area contributed by atoms with Crippen LogP contribution in [0.15, 0.2) is 54.6 Å². The molecule has 0 bridgehead atoms. The van der Waals surface area contributed by atoms with Crippen molar-refractivity contribution < 1.29 is 28.5 Å². The Labute approximate surface area is 176 Å². The van der Waals surface area contributed by atoms with Crippen molar-refractivity contribution >= 4 is 17.7 Å². The Kier molecular flexibility index (Phi) is 10.8. The predicted molar refractivity (Wildman–Crippen MR) is 113 cm³/mol. The van der Waals surface area contributed by atoms with Gasteiger partial charge in [-0.1, -0.05) is 30.3 Å². The smallest absolute Gasteiger partial charge is 0.407 e. The molecular weight excluding hydrogens is 388 g/mol. The normalized spacial score (nSPS) is 10.3. The average molecular weight is 416 g/mol. The molecule has 2 aromatic rings. The van der Waals surface area contributed by atoms with Crippen LogP contribution in [0.5, 0.6) is 5.75 Å². The van der Waals surface area contributed by atoms with Gasteiger partial charge in [0.1, 0.15) is 19.0 Å². The van der Waals surface area contributed by atoms with Crippen molar-refractivity contribution in [2.75, 3.05) is 44.9 Å². The molecule has 2 N–H and O–H groups in total. The summed E-state index contributed by atoms with van der Waals surface area (Å²) in [6.07, 6.45) is -0.471. The summed E-state index contributed by atoms with van der Waals surface area (Å²) in [7, 11) is 0. The van der Waals surface area contributed by atoms with Gasteiger partial charge in [0.15, 0.2) is 0 Å². The maximum absolute atomic E-state index is 11.6. The fourth-order valence-corrected chi connectivity index (χ4v) is 2.38. The average Bonchev–Trinajstić information content (AvgIpc) is 2.75. The Morgan fingerprint density at radius 1 is 0.833 bits per heavy atom. The first-order valence-electron chi connectivity index (χ1n) is 9.74. The summed E-state index contributed by atoms with van der Waals surface area (Å²) in [6, 6.07) is 16.6. The van der Waals surface area contributed by atoms with Gasteiger partial charge >= 0.3 is 6.09 Å². The molecule has 0 saturated heterocycles. The van der Waals surface area contributed by atoms with E-state index in [0.717, 1.165) is 11.3 Å². The number of hydrogen-bond donors (Lipinski definition) is 2. The lowest BCUT2D eigenvalue weighted by molar-refractivity contribution is -0.114. The van der Waals surface area contributed by atoms with E-state index in [-0.39, 0.29) is 12.5 Å². The number of nitrogens with one attached hydrogen (secondary N) is 2. The van der Waals surface area contributed by atoms with Crippen molar-refractivity contribution in [1.82, 2.24) is 5.32 Å². The largest absolute Gasteiger partial charge is 0.491 e. The number of carbonyl (C=O) groups is 2. The minimum atomic E-state index is -0.471. The number of alkyl carbamates (subject to hydrolysis) is 1. The quantitative estimate of drug-likeness (QED) is 0.488. The molecule has 8 heteroatoms. The third kappa shape index (κ3) is 10.4. The van der Waals surface area contributed by atoms with E-state index >= 15 is 0 Å².